The number of rotatable bonds is 6. The van der Waals surface area contributed by atoms with E-state index < -0.39 is 17.7 Å². The van der Waals surface area contributed by atoms with E-state index in [0.29, 0.717) is 21.7 Å². The van der Waals surface area contributed by atoms with Gasteiger partial charge in [-0.25, -0.2) is 9.18 Å². The molecule has 0 radical (unpaired) electrons. The first kappa shape index (κ1) is 19.8. The zero-order valence-electron chi connectivity index (χ0n) is 15.6. The molecule has 0 unspecified atom stereocenters. The molecule has 6 heteroatoms. The lowest BCUT2D eigenvalue weighted by Gasteiger charge is -2.09. The van der Waals surface area contributed by atoms with Crippen LogP contribution in [0.25, 0.3) is 11.1 Å². The SMILES string of the molecule is CCOC(=O)c1c(-c2ccc(CC)cc2)csc1NC(=O)c1ccc(F)cc1. The van der Waals surface area contributed by atoms with Crippen molar-refractivity contribution in [1.82, 2.24) is 0 Å². The summed E-state index contributed by atoms with van der Waals surface area (Å²) in [7, 11) is 0. The Hall–Kier alpha value is -2.99. The molecule has 3 aromatic rings. The van der Waals surface area contributed by atoms with Crippen LogP contribution in [0.5, 0.6) is 0 Å². The number of halogens is 1. The number of carbonyl (C=O) groups is 2. The van der Waals surface area contributed by atoms with Crippen LogP contribution < -0.4 is 5.32 Å². The summed E-state index contributed by atoms with van der Waals surface area (Å²) < 4.78 is 18.3. The molecule has 0 fully saturated rings. The Kier molecular flexibility index (Phi) is 6.21. The number of benzene rings is 2. The van der Waals surface area contributed by atoms with Gasteiger partial charge in [0.05, 0.1) is 6.61 Å². The van der Waals surface area contributed by atoms with Gasteiger partial charge < -0.3 is 10.1 Å². The lowest BCUT2D eigenvalue weighted by molar-refractivity contribution is 0.0529. The van der Waals surface area contributed by atoms with Crippen LogP contribution in [-0.4, -0.2) is 18.5 Å². The molecule has 4 nitrogen and oxygen atoms in total. The van der Waals surface area contributed by atoms with Gasteiger partial charge in [0.25, 0.3) is 5.91 Å². The molecule has 0 aliphatic carbocycles. The van der Waals surface area contributed by atoms with Crippen LogP contribution >= 0.6 is 11.3 Å². The summed E-state index contributed by atoms with van der Waals surface area (Å²) in [5.41, 5.74) is 3.41. The number of thiophene rings is 1. The predicted octanol–water partition coefficient (Wildman–Crippen LogP) is 5.55. The van der Waals surface area contributed by atoms with E-state index >= 15 is 0 Å². The molecule has 0 saturated carbocycles. The number of anilines is 1. The van der Waals surface area contributed by atoms with E-state index in [4.69, 9.17) is 4.74 Å². The van der Waals surface area contributed by atoms with Gasteiger partial charge in [0.1, 0.15) is 16.4 Å². The number of nitrogens with one attached hydrogen (secondary N) is 1. The Morgan fingerprint density at radius 3 is 2.32 bits per heavy atom. The van der Waals surface area contributed by atoms with Crippen LogP contribution in [0.1, 0.15) is 40.1 Å². The first-order chi connectivity index (χ1) is 13.5. The lowest BCUT2D eigenvalue weighted by atomic mass is 10.0. The van der Waals surface area contributed by atoms with Gasteiger partial charge in [-0.15, -0.1) is 11.3 Å². The van der Waals surface area contributed by atoms with E-state index in [9.17, 15) is 14.0 Å². The average molecular weight is 397 g/mol. The fourth-order valence-corrected chi connectivity index (χ4v) is 3.72. The van der Waals surface area contributed by atoms with Crippen LogP contribution in [-0.2, 0) is 11.2 Å². The predicted molar refractivity (Wildman–Crippen MR) is 109 cm³/mol. The van der Waals surface area contributed by atoms with Gasteiger partial charge in [0.15, 0.2) is 0 Å². The van der Waals surface area contributed by atoms with Gasteiger partial charge in [-0.3, -0.25) is 4.79 Å². The van der Waals surface area contributed by atoms with Crippen molar-refractivity contribution in [2.75, 3.05) is 11.9 Å². The number of esters is 1. The molecular formula is C22H20FNO3S. The number of hydrogen-bond acceptors (Lipinski definition) is 4. The summed E-state index contributed by atoms with van der Waals surface area (Å²) in [5, 5.41) is 4.99. The van der Waals surface area contributed by atoms with Crippen molar-refractivity contribution in [1.29, 1.82) is 0 Å². The minimum atomic E-state index is -0.493. The Labute approximate surface area is 167 Å². The number of ether oxygens (including phenoxy) is 1. The Balaban J connectivity index is 1.96. The molecule has 1 aromatic heterocycles. The van der Waals surface area contributed by atoms with Crippen molar-refractivity contribution >= 4 is 28.2 Å². The maximum Gasteiger partial charge on any atom is 0.341 e. The van der Waals surface area contributed by atoms with Gasteiger partial charge in [0, 0.05) is 16.5 Å². The van der Waals surface area contributed by atoms with Gasteiger partial charge >= 0.3 is 5.97 Å². The maximum atomic E-state index is 13.1. The Morgan fingerprint density at radius 1 is 1.04 bits per heavy atom. The molecule has 1 amide bonds. The van der Waals surface area contributed by atoms with Gasteiger partial charge in [-0.1, -0.05) is 31.2 Å². The van der Waals surface area contributed by atoms with Crippen molar-refractivity contribution in [2.24, 2.45) is 0 Å². The monoisotopic (exact) mass is 397 g/mol. The molecule has 0 saturated heterocycles. The van der Waals surface area contributed by atoms with Crippen LogP contribution in [0.15, 0.2) is 53.9 Å². The second-order valence-corrected chi connectivity index (χ2v) is 6.97. The number of carbonyl (C=O) groups excluding carboxylic acids is 2. The van der Waals surface area contributed by atoms with Crippen molar-refractivity contribution < 1.29 is 18.7 Å². The molecule has 0 spiro atoms. The fraction of sp³-hybridized carbons (Fsp3) is 0.182. The third-order valence-electron chi connectivity index (χ3n) is 4.28. The van der Waals surface area contributed by atoms with Crippen molar-refractivity contribution in [3.63, 3.8) is 0 Å². The molecule has 2 aromatic carbocycles. The van der Waals surface area contributed by atoms with E-state index in [-0.39, 0.29) is 6.61 Å². The Bertz CT molecular complexity index is 978. The summed E-state index contributed by atoms with van der Waals surface area (Å²) in [6, 6.07) is 13.2. The van der Waals surface area contributed by atoms with E-state index in [2.05, 4.69) is 12.2 Å². The lowest BCUT2D eigenvalue weighted by Crippen LogP contribution is -2.14. The highest BCUT2D eigenvalue weighted by Crippen LogP contribution is 2.36. The number of hydrogen-bond donors (Lipinski definition) is 1. The Morgan fingerprint density at radius 2 is 1.71 bits per heavy atom. The smallest absolute Gasteiger partial charge is 0.341 e. The molecule has 1 heterocycles. The topological polar surface area (TPSA) is 55.4 Å². The first-order valence-corrected chi connectivity index (χ1v) is 9.86. The summed E-state index contributed by atoms with van der Waals surface area (Å²) in [6.45, 7) is 4.04. The molecule has 0 atom stereocenters. The summed E-state index contributed by atoms with van der Waals surface area (Å²) in [4.78, 5) is 25.1. The molecule has 0 bridgehead atoms. The number of aryl methyl sites for hydroxylation is 1. The molecule has 28 heavy (non-hydrogen) atoms. The maximum absolute atomic E-state index is 13.1. The highest BCUT2D eigenvalue weighted by atomic mass is 32.1. The zero-order valence-corrected chi connectivity index (χ0v) is 16.4. The fourth-order valence-electron chi connectivity index (χ4n) is 2.76. The molecule has 3 rings (SSSR count). The quantitative estimate of drug-likeness (QED) is 0.555. The molecule has 144 valence electrons. The molecule has 1 N–H and O–H groups in total. The van der Waals surface area contributed by atoms with E-state index in [0.717, 1.165) is 12.0 Å². The van der Waals surface area contributed by atoms with Crippen LogP contribution in [0.3, 0.4) is 0 Å². The van der Waals surface area contributed by atoms with Crippen molar-refractivity contribution in [3.8, 4) is 11.1 Å². The largest absolute Gasteiger partial charge is 0.462 e. The third-order valence-corrected chi connectivity index (χ3v) is 5.17. The van der Waals surface area contributed by atoms with Crippen LogP contribution in [0.2, 0.25) is 0 Å². The van der Waals surface area contributed by atoms with E-state index in [1.807, 2.05) is 29.6 Å². The van der Waals surface area contributed by atoms with Crippen molar-refractivity contribution in [3.05, 3.63) is 76.4 Å². The summed E-state index contributed by atoms with van der Waals surface area (Å²) in [6.07, 6.45) is 0.924. The zero-order chi connectivity index (χ0) is 20.1. The average Bonchev–Trinajstić information content (AvgIpc) is 3.12. The standard InChI is InChI=1S/C22H20FNO3S/c1-3-14-5-7-15(8-6-14)18-13-28-21(19(18)22(26)27-4-2)24-20(25)16-9-11-17(23)12-10-16/h5-13H,3-4H2,1-2H3,(H,24,25). The van der Waals surface area contributed by atoms with E-state index in [1.165, 1.54) is 41.2 Å². The third kappa shape index (κ3) is 4.28. The molecule has 0 aliphatic rings. The highest BCUT2D eigenvalue weighted by molar-refractivity contribution is 7.15. The molecular weight excluding hydrogens is 377 g/mol. The van der Waals surface area contributed by atoms with Gasteiger partial charge in [-0.05, 0) is 48.7 Å². The second-order valence-electron chi connectivity index (χ2n) is 6.09. The van der Waals surface area contributed by atoms with E-state index in [1.54, 1.807) is 6.92 Å². The van der Waals surface area contributed by atoms with Crippen LogP contribution in [0.4, 0.5) is 9.39 Å². The van der Waals surface area contributed by atoms with Gasteiger partial charge in [-0.2, -0.15) is 0 Å². The van der Waals surface area contributed by atoms with Gasteiger partial charge in [0.2, 0.25) is 0 Å². The van der Waals surface area contributed by atoms with Crippen LogP contribution in [0, 0.1) is 5.82 Å². The normalized spacial score (nSPS) is 10.5. The molecule has 0 aliphatic heterocycles. The minimum Gasteiger partial charge on any atom is -0.462 e. The second kappa shape index (κ2) is 8.80. The van der Waals surface area contributed by atoms with Crippen molar-refractivity contribution in [2.45, 2.75) is 20.3 Å². The highest BCUT2D eigenvalue weighted by Gasteiger charge is 2.23. The number of amides is 1. The summed E-state index contributed by atoms with van der Waals surface area (Å²) in [5.74, 6) is -1.33. The first-order valence-electron chi connectivity index (χ1n) is 8.98. The minimum absolute atomic E-state index is 0.230. The summed E-state index contributed by atoms with van der Waals surface area (Å²) >= 11 is 1.25.